The summed E-state index contributed by atoms with van der Waals surface area (Å²) in [6.07, 6.45) is 8.19. The Kier molecular flexibility index (Phi) is 9.49. The van der Waals surface area contributed by atoms with Crippen molar-refractivity contribution in [1.29, 1.82) is 0 Å². The summed E-state index contributed by atoms with van der Waals surface area (Å²) in [5.74, 6) is 1.31. The topological polar surface area (TPSA) is 63.8 Å². The second-order valence-corrected chi connectivity index (χ2v) is 14.2. The van der Waals surface area contributed by atoms with Crippen LogP contribution in [0.15, 0.2) is 128 Å². The Balaban J connectivity index is 1.00. The van der Waals surface area contributed by atoms with Crippen LogP contribution in [0.1, 0.15) is 80.9 Å². The molecule has 2 saturated heterocycles. The zero-order valence-electron chi connectivity index (χ0n) is 28.2. The van der Waals surface area contributed by atoms with Gasteiger partial charge in [-0.25, -0.2) is 0 Å². The summed E-state index contributed by atoms with van der Waals surface area (Å²) < 4.78 is 0. The lowest BCUT2D eigenvalue weighted by Crippen LogP contribution is -2.38. The van der Waals surface area contributed by atoms with Gasteiger partial charge in [0.25, 0.3) is 0 Å². The molecule has 3 unspecified atom stereocenters. The molecule has 3 atom stereocenters. The molecule has 0 bridgehead atoms. The Morgan fingerprint density at radius 3 is 1.73 bits per heavy atom. The molecule has 6 aromatic rings. The molecule has 248 valence electrons. The number of aromatic nitrogens is 4. The average molecular weight is 647 g/mol. The Morgan fingerprint density at radius 1 is 0.531 bits per heavy atom. The van der Waals surface area contributed by atoms with Crippen molar-refractivity contribution < 1.29 is 0 Å². The molecule has 2 aliphatic heterocycles. The number of piperidine rings is 1. The highest BCUT2D eigenvalue weighted by molar-refractivity contribution is 5.35. The number of rotatable bonds is 11. The number of H-pyrrole nitrogens is 2. The van der Waals surface area contributed by atoms with Crippen LogP contribution < -0.4 is 0 Å². The number of benzene rings is 4. The molecule has 2 aromatic heterocycles. The van der Waals surface area contributed by atoms with Gasteiger partial charge in [0.15, 0.2) is 0 Å². The first-order chi connectivity index (χ1) is 24.2. The highest BCUT2D eigenvalue weighted by atomic mass is 15.2. The van der Waals surface area contributed by atoms with E-state index in [1.54, 1.807) is 0 Å². The van der Waals surface area contributed by atoms with Gasteiger partial charge < -0.3 is 0 Å². The Hall–Kier alpha value is -4.78. The molecule has 0 radical (unpaired) electrons. The maximum atomic E-state index is 4.57. The molecular weight excluding hydrogens is 601 g/mol. The zero-order valence-corrected chi connectivity index (χ0v) is 28.2. The molecule has 4 aromatic carbocycles. The predicted octanol–water partition coefficient (Wildman–Crippen LogP) is 8.08. The van der Waals surface area contributed by atoms with Crippen molar-refractivity contribution in [3.63, 3.8) is 0 Å². The molecule has 4 heterocycles. The summed E-state index contributed by atoms with van der Waals surface area (Å²) in [5, 5.41) is 16.0. The van der Waals surface area contributed by atoms with Crippen LogP contribution in [0, 0.1) is 0 Å². The third kappa shape index (κ3) is 7.61. The van der Waals surface area contributed by atoms with Crippen molar-refractivity contribution in [2.75, 3.05) is 26.2 Å². The van der Waals surface area contributed by atoms with E-state index in [-0.39, 0.29) is 0 Å². The normalized spacial score (nSPS) is 20.1. The Labute approximate surface area is 290 Å². The van der Waals surface area contributed by atoms with Gasteiger partial charge in [-0.3, -0.25) is 20.0 Å². The number of nitrogens with zero attached hydrogens (tertiary/aromatic N) is 4. The lowest BCUT2D eigenvalue weighted by molar-refractivity contribution is 0.178. The van der Waals surface area contributed by atoms with Crippen LogP contribution in [0.4, 0.5) is 0 Å². The second kappa shape index (κ2) is 14.8. The van der Waals surface area contributed by atoms with Gasteiger partial charge in [-0.2, -0.15) is 10.2 Å². The van der Waals surface area contributed by atoms with Crippen molar-refractivity contribution in [3.8, 4) is 0 Å². The molecule has 8 rings (SSSR count). The van der Waals surface area contributed by atoms with E-state index >= 15 is 0 Å². The van der Waals surface area contributed by atoms with E-state index in [0.717, 1.165) is 58.5 Å². The van der Waals surface area contributed by atoms with Crippen molar-refractivity contribution in [2.24, 2.45) is 0 Å². The molecule has 0 saturated carbocycles. The van der Waals surface area contributed by atoms with E-state index in [2.05, 4.69) is 152 Å². The van der Waals surface area contributed by atoms with Gasteiger partial charge in [-0.1, -0.05) is 115 Å². The number of aromatic amines is 2. The first-order valence-electron chi connectivity index (χ1n) is 17.9. The van der Waals surface area contributed by atoms with Gasteiger partial charge in [-0.15, -0.1) is 0 Å². The van der Waals surface area contributed by atoms with Gasteiger partial charge in [-0.05, 0) is 64.2 Å². The summed E-state index contributed by atoms with van der Waals surface area (Å²) in [7, 11) is 0. The first-order valence-corrected chi connectivity index (χ1v) is 17.9. The van der Waals surface area contributed by atoms with Gasteiger partial charge in [0.05, 0.1) is 12.4 Å². The first kappa shape index (κ1) is 31.5. The smallest absolute Gasteiger partial charge is 0.0525 e. The van der Waals surface area contributed by atoms with Gasteiger partial charge in [0.2, 0.25) is 0 Å². The van der Waals surface area contributed by atoms with Crippen LogP contribution in [0.3, 0.4) is 0 Å². The van der Waals surface area contributed by atoms with E-state index in [4.69, 9.17) is 0 Å². The van der Waals surface area contributed by atoms with E-state index < -0.39 is 0 Å². The van der Waals surface area contributed by atoms with E-state index in [9.17, 15) is 0 Å². The van der Waals surface area contributed by atoms with Crippen LogP contribution in [0.2, 0.25) is 0 Å². The molecule has 0 spiro atoms. The summed E-state index contributed by atoms with van der Waals surface area (Å²) in [6.45, 7) is 6.24. The van der Waals surface area contributed by atoms with Gasteiger partial charge >= 0.3 is 0 Å². The average Bonchev–Trinajstić information content (AvgIpc) is 3.92. The Bertz CT molecular complexity index is 1910. The van der Waals surface area contributed by atoms with Crippen LogP contribution in [0.5, 0.6) is 0 Å². The third-order valence-corrected chi connectivity index (χ3v) is 10.7. The van der Waals surface area contributed by atoms with Crippen molar-refractivity contribution in [2.45, 2.75) is 56.5 Å². The maximum absolute atomic E-state index is 4.57. The van der Waals surface area contributed by atoms with Crippen molar-refractivity contribution >= 4 is 0 Å². The maximum Gasteiger partial charge on any atom is 0.0525 e. The van der Waals surface area contributed by atoms with Crippen LogP contribution >= 0.6 is 0 Å². The lowest BCUT2D eigenvalue weighted by Gasteiger charge is -2.38. The minimum atomic E-state index is 0.383. The van der Waals surface area contributed by atoms with E-state index in [1.165, 1.54) is 56.8 Å². The molecule has 6 heteroatoms. The summed E-state index contributed by atoms with van der Waals surface area (Å²) in [6, 6.07) is 41.9. The third-order valence-electron chi connectivity index (χ3n) is 10.7. The largest absolute Gasteiger partial charge is 0.298 e. The highest BCUT2D eigenvalue weighted by Gasteiger charge is 2.32. The fraction of sp³-hybridized carbons (Fsp3) is 0.302. The molecule has 2 fully saturated rings. The van der Waals surface area contributed by atoms with Crippen molar-refractivity contribution in [3.05, 3.63) is 178 Å². The van der Waals surface area contributed by atoms with Crippen molar-refractivity contribution in [1.82, 2.24) is 30.2 Å². The fourth-order valence-corrected chi connectivity index (χ4v) is 8.29. The summed E-state index contributed by atoms with van der Waals surface area (Å²) >= 11 is 0. The molecule has 2 aliphatic rings. The summed E-state index contributed by atoms with van der Waals surface area (Å²) in [4.78, 5) is 5.24. The monoisotopic (exact) mass is 646 g/mol. The van der Waals surface area contributed by atoms with Crippen LogP contribution in [0.25, 0.3) is 0 Å². The molecule has 0 aliphatic carbocycles. The van der Waals surface area contributed by atoms with Crippen LogP contribution in [-0.4, -0.2) is 56.4 Å². The number of hydrogen-bond donors (Lipinski definition) is 2. The quantitative estimate of drug-likeness (QED) is 0.149. The summed E-state index contributed by atoms with van der Waals surface area (Å²) in [5.41, 5.74) is 12.1. The number of hydrogen-bond acceptors (Lipinski definition) is 4. The Morgan fingerprint density at radius 2 is 1.06 bits per heavy atom. The number of likely N-dealkylation sites (tertiary alicyclic amines) is 2. The van der Waals surface area contributed by atoms with Gasteiger partial charge in [0.1, 0.15) is 0 Å². The number of nitrogens with one attached hydrogen (secondary N) is 2. The van der Waals surface area contributed by atoms with E-state index in [1.807, 2.05) is 6.20 Å². The highest BCUT2D eigenvalue weighted by Crippen LogP contribution is 2.38. The predicted molar refractivity (Wildman–Crippen MR) is 197 cm³/mol. The molecule has 49 heavy (non-hydrogen) atoms. The van der Waals surface area contributed by atoms with Gasteiger partial charge in [0, 0.05) is 68.8 Å². The SMILES string of the molecule is c1ccc(Cc2cn[nH]c2C2CC(c3cccc(Cc4cn[nH]c4C4CCN(Cc5ccccc5)C4)c3)CN(Cc3ccccc3)C2)cc1. The minimum Gasteiger partial charge on any atom is -0.298 e. The standard InChI is InChI=1S/C43H46N6/c1-4-11-32(12-5-1)21-38-25-45-47-43(38)41-24-40(30-49(31-41)28-34-15-8-3-9-16-34)36-18-10-17-35(22-36)23-39-26-44-46-42(39)37-19-20-48(29-37)27-33-13-6-2-7-14-33/h1-18,22,25-26,37,40-41H,19-21,23-24,27-31H2,(H,44,46)(H,45,47). The molecule has 2 N–H and O–H groups in total. The zero-order chi connectivity index (χ0) is 32.8. The van der Waals surface area contributed by atoms with Crippen LogP contribution in [-0.2, 0) is 25.9 Å². The molecule has 0 amide bonds. The second-order valence-electron chi connectivity index (χ2n) is 14.2. The minimum absolute atomic E-state index is 0.383. The molecule has 6 nitrogen and oxygen atoms in total. The lowest BCUT2D eigenvalue weighted by atomic mass is 9.81. The fourth-order valence-electron chi connectivity index (χ4n) is 8.29. The van der Waals surface area contributed by atoms with E-state index in [0.29, 0.717) is 17.8 Å². The molecular formula is C43H46N6.